The van der Waals surface area contributed by atoms with Crippen LogP contribution in [0.4, 0.5) is 0 Å². The number of hydrogen-bond acceptors (Lipinski definition) is 5. The van der Waals surface area contributed by atoms with Crippen LogP contribution in [-0.2, 0) is 0 Å². The smallest absolute Gasteiger partial charge is 0.172 e. The van der Waals surface area contributed by atoms with Crippen molar-refractivity contribution < 1.29 is 4.79 Å². The number of piperidine rings is 1. The maximum Gasteiger partial charge on any atom is 0.172 e. The third-order valence-electron chi connectivity index (χ3n) is 5.11. The zero-order chi connectivity index (χ0) is 18.5. The first-order valence-corrected chi connectivity index (χ1v) is 12.1. The summed E-state index contributed by atoms with van der Waals surface area (Å²) in [6.45, 7) is 3.22. The summed E-state index contributed by atoms with van der Waals surface area (Å²) in [6, 6.07) is 8.37. The van der Waals surface area contributed by atoms with E-state index in [1.807, 2.05) is 17.5 Å². The van der Waals surface area contributed by atoms with Crippen molar-refractivity contribution in [3.8, 4) is 0 Å². The van der Waals surface area contributed by atoms with Crippen LogP contribution in [0.3, 0.4) is 0 Å². The van der Waals surface area contributed by atoms with Gasteiger partial charge in [-0.3, -0.25) is 4.79 Å². The minimum Gasteiger partial charge on any atom is -0.303 e. The standard InChI is InChI=1S/C22H23NOS3/c24-20(21-4-2-12-27-21)3-1-9-23-10-5-17(6-11-23)22(18-7-13-25-15-18)19-8-14-26-16-19/h2,4,7-8,12-16H,1,3,5-6,9-11H2. The summed E-state index contributed by atoms with van der Waals surface area (Å²) in [5, 5.41) is 10.8. The number of rotatable bonds is 7. The lowest BCUT2D eigenvalue weighted by molar-refractivity contribution is 0.0978. The van der Waals surface area contributed by atoms with Gasteiger partial charge in [0.05, 0.1) is 4.88 Å². The predicted molar refractivity (Wildman–Crippen MR) is 118 cm³/mol. The highest BCUT2D eigenvalue weighted by Crippen LogP contribution is 2.34. The lowest BCUT2D eigenvalue weighted by Crippen LogP contribution is -2.32. The van der Waals surface area contributed by atoms with Crippen molar-refractivity contribution in [3.05, 3.63) is 72.7 Å². The lowest BCUT2D eigenvalue weighted by atomic mass is 9.91. The van der Waals surface area contributed by atoms with Gasteiger partial charge in [0, 0.05) is 19.5 Å². The number of carbonyl (C=O) groups is 1. The molecular formula is C22H23NOS3. The normalized spacial score (nSPS) is 15.2. The highest BCUT2D eigenvalue weighted by Gasteiger charge is 2.19. The molecule has 4 heterocycles. The number of thiophene rings is 3. The van der Waals surface area contributed by atoms with Crippen LogP contribution in [0.5, 0.6) is 0 Å². The zero-order valence-electron chi connectivity index (χ0n) is 15.2. The van der Waals surface area contributed by atoms with Crippen molar-refractivity contribution >= 4 is 45.4 Å². The molecule has 0 N–H and O–H groups in total. The van der Waals surface area contributed by atoms with E-state index in [9.17, 15) is 4.79 Å². The molecule has 0 amide bonds. The molecule has 0 spiro atoms. The Bertz CT molecular complexity index is 830. The fourth-order valence-electron chi connectivity index (χ4n) is 3.71. The van der Waals surface area contributed by atoms with Crippen molar-refractivity contribution in [1.29, 1.82) is 0 Å². The van der Waals surface area contributed by atoms with Crippen LogP contribution in [0.25, 0.3) is 5.57 Å². The van der Waals surface area contributed by atoms with Gasteiger partial charge in [0.2, 0.25) is 0 Å². The van der Waals surface area contributed by atoms with Gasteiger partial charge in [-0.1, -0.05) is 11.6 Å². The summed E-state index contributed by atoms with van der Waals surface area (Å²) in [5.74, 6) is 0.291. The number of ketones is 1. The second-order valence-electron chi connectivity index (χ2n) is 6.85. The van der Waals surface area contributed by atoms with Crippen LogP contribution in [-0.4, -0.2) is 30.3 Å². The molecule has 4 rings (SSSR count). The fraction of sp³-hybridized carbons (Fsp3) is 0.318. The number of nitrogens with zero attached hydrogens (tertiary/aromatic N) is 1. The molecule has 2 nitrogen and oxygen atoms in total. The average molecular weight is 414 g/mol. The first-order valence-electron chi connectivity index (χ1n) is 9.37. The molecule has 0 aromatic carbocycles. The molecule has 0 radical (unpaired) electrons. The van der Waals surface area contributed by atoms with Crippen molar-refractivity contribution in [1.82, 2.24) is 4.90 Å². The van der Waals surface area contributed by atoms with Gasteiger partial charge in [0.25, 0.3) is 0 Å². The Hall–Kier alpha value is -1.53. The molecule has 1 aliphatic rings. The monoisotopic (exact) mass is 413 g/mol. The van der Waals surface area contributed by atoms with Gasteiger partial charge in [-0.05, 0) is 87.6 Å². The Balaban J connectivity index is 1.35. The van der Waals surface area contributed by atoms with E-state index in [1.54, 1.807) is 39.6 Å². The van der Waals surface area contributed by atoms with Crippen molar-refractivity contribution in [2.75, 3.05) is 19.6 Å². The molecule has 0 atom stereocenters. The van der Waals surface area contributed by atoms with Crippen LogP contribution in [0.15, 0.2) is 56.7 Å². The van der Waals surface area contributed by atoms with Gasteiger partial charge < -0.3 is 4.90 Å². The Morgan fingerprint density at radius 1 is 0.963 bits per heavy atom. The third kappa shape index (κ3) is 4.66. The van der Waals surface area contributed by atoms with Crippen LogP contribution >= 0.6 is 34.0 Å². The van der Waals surface area contributed by atoms with Crippen molar-refractivity contribution in [2.45, 2.75) is 25.7 Å². The Morgan fingerprint density at radius 2 is 1.67 bits per heavy atom. The van der Waals surface area contributed by atoms with Gasteiger partial charge in [-0.25, -0.2) is 0 Å². The Morgan fingerprint density at radius 3 is 2.22 bits per heavy atom. The highest BCUT2D eigenvalue weighted by molar-refractivity contribution is 7.12. The summed E-state index contributed by atoms with van der Waals surface area (Å²) in [4.78, 5) is 15.6. The first-order chi connectivity index (χ1) is 13.3. The minimum atomic E-state index is 0.291. The van der Waals surface area contributed by atoms with Crippen LogP contribution in [0.2, 0.25) is 0 Å². The summed E-state index contributed by atoms with van der Waals surface area (Å²) in [5.41, 5.74) is 5.76. The molecular weight excluding hydrogens is 390 g/mol. The molecule has 27 heavy (non-hydrogen) atoms. The minimum absolute atomic E-state index is 0.291. The largest absolute Gasteiger partial charge is 0.303 e. The first kappa shape index (κ1) is 18.8. The molecule has 0 aliphatic carbocycles. The molecule has 3 aromatic rings. The summed E-state index contributed by atoms with van der Waals surface area (Å²) in [6.07, 6.45) is 3.87. The fourth-order valence-corrected chi connectivity index (χ4v) is 5.70. The quantitative estimate of drug-likeness (QED) is 0.416. The zero-order valence-corrected chi connectivity index (χ0v) is 17.7. The van der Waals surface area contributed by atoms with Gasteiger partial charge in [-0.2, -0.15) is 22.7 Å². The average Bonchev–Trinajstić information content (AvgIpc) is 3.47. The van der Waals surface area contributed by atoms with E-state index >= 15 is 0 Å². The predicted octanol–water partition coefficient (Wildman–Crippen LogP) is 6.43. The molecule has 140 valence electrons. The maximum atomic E-state index is 12.1. The Labute approximate surface area is 172 Å². The lowest BCUT2D eigenvalue weighted by Gasteiger charge is -2.29. The molecule has 3 aromatic heterocycles. The van der Waals surface area contributed by atoms with Crippen molar-refractivity contribution in [3.63, 3.8) is 0 Å². The number of likely N-dealkylation sites (tertiary alicyclic amines) is 1. The van der Waals surface area contributed by atoms with E-state index < -0.39 is 0 Å². The molecule has 0 unspecified atom stereocenters. The molecule has 5 heteroatoms. The second-order valence-corrected chi connectivity index (χ2v) is 9.36. The summed E-state index contributed by atoms with van der Waals surface area (Å²) in [7, 11) is 0. The number of hydrogen-bond donors (Lipinski definition) is 0. The van der Waals surface area contributed by atoms with E-state index in [2.05, 4.69) is 38.6 Å². The molecule has 0 bridgehead atoms. The van der Waals surface area contributed by atoms with E-state index in [1.165, 1.54) is 16.7 Å². The molecule has 0 saturated carbocycles. The van der Waals surface area contributed by atoms with Gasteiger partial charge in [0.15, 0.2) is 5.78 Å². The molecule has 1 fully saturated rings. The van der Waals surface area contributed by atoms with Gasteiger partial charge in [-0.15, -0.1) is 11.3 Å². The Kier molecular flexibility index (Phi) is 6.35. The van der Waals surface area contributed by atoms with E-state index in [0.29, 0.717) is 12.2 Å². The maximum absolute atomic E-state index is 12.1. The summed E-state index contributed by atoms with van der Waals surface area (Å²) < 4.78 is 0. The van der Waals surface area contributed by atoms with Crippen LogP contribution in [0.1, 0.15) is 46.5 Å². The number of Topliss-reactive ketones (excluding diaryl/α,β-unsaturated/α-hetero) is 1. The van der Waals surface area contributed by atoms with E-state index in [0.717, 1.165) is 43.8 Å². The van der Waals surface area contributed by atoms with Gasteiger partial charge >= 0.3 is 0 Å². The summed E-state index contributed by atoms with van der Waals surface area (Å²) >= 11 is 5.09. The molecule has 1 aliphatic heterocycles. The van der Waals surface area contributed by atoms with Crippen LogP contribution in [0, 0.1) is 0 Å². The molecule has 1 saturated heterocycles. The highest BCUT2D eigenvalue weighted by atomic mass is 32.1. The third-order valence-corrected chi connectivity index (χ3v) is 7.38. The van der Waals surface area contributed by atoms with Crippen molar-refractivity contribution in [2.24, 2.45) is 0 Å². The number of carbonyl (C=O) groups excluding carboxylic acids is 1. The SMILES string of the molecule is O=C(CCCN1CCC(=C(c2ccsc2)c2ccsc2)CC1)c1cccs1. The van der Waals surface area contributed by atoms with E-state index in [4.69, 9.17) is 0 Å². The van der Waals surface area contributed by atoms with Gasteiger partial charge in [0.1, 0.15) is 0 Å². The second kappa shape index (κ2) is 9.11. The van der Waals surface area contributed by atoms with Crippen LogP contribution < -0.4 is 0 Å². The topological polar surface area (TPSA) is 20.3 Å². The van der Waals surface area contributed by atoms with E-state index in [-0.39, 0.29) is 0 Å².